The first-order valence-corrected chi connectivity index (χ1v) is 9.48. The molecular formula is C17H15F3N4O4S. The first-order valence-electron chi connectivity index (χ1n) is 7.94. The van der Waals surface area contributed by atoms with E-state index in [2.05, 4.69) is 10.1 Å². The van der Waals surface area contributed by atoms with Gasteiger partial charge in [0.1, 0.15) is 11.5 Å². The first kappa shape index (κ1) is 20.6. The molecule has 2 aromatic carbocycles. The number of aromatic nitrogens is 3. The van der Waals surface area contributed by atoms with Gasteiger partial charge in [-0.05, 0) is 36.4 Å². The molecule has 0 radical (unpaired) electrons. The fourth-order valence-electron chi connectivity index (χ4n) is 2.51. The van der Waals surface area contributed by atoms with Crippen molar-refractivity contribution in [3.63, 3.8) is 0 Å². The fourth-order valence-corrected chi connectivity index (χ4v) is 3.03. The molecule has 154 valence electrons. The highest BCUT2D eigenvalue weighted by atomic mass is 32.2. The van der Waals surface area contributed by atoms with Crippen LogP contribution in [0.4, 0.5) is 13.2 Å². The highest BCUT2D eigenvalue weighted by Gasteiger charge is 2.37. The summed E-state index contributed by atoms with van der Waals surface area (Å²) in [7, 11) is -1.16. The van der Waals surface area contributed by atoms with Gasteiger partial charge >= 0.3 is 6.18 Å². The van der Waals surface area contributed by atoms with Gasteiger partial charge in [-0.15, -0.1) is 5.10 Å². The van der Waals surface area contributed by atoms with E-state index in [0.717, 1.165) is 16.8 Å². The summed E-state index contributed by atoms with van der Waals surface area (Å²) in [6.07, 6.45) is -4.79. The van der Waals surface area contributed by atoms with Gasteiger partial charge < -0.3 is 9.47 Å². The molecular weight excluding hydrogens is 413 g/mol. The van der Waals surface area contributed by atoms with E-state index in [4.69, 9.17) is 14.6 Å². The van der Waals surface area contributed by atoms with Gasteiger partial charge in [0.2, 0.25) is 10.0 Å². The van der Waals surface area contributed by atoms with Gasteiger partial charge in [-0.2, -0.15) is 13.2 Å². The second-order valence-corrected chi connectivity index (χ2v) is 7.37. The quantitative estimate of drug-likeness (QED) is 0.669. The van der Waals surface area contributed by atoms with Crippen LogP contribution in [-0.2, 0) is 16.2 Å². The van der Waals surface area contributed by atoms with Crippen molar-refractivity contribution in [1.82, 2.24) is 14.8 Å². The molecule has 12 heteroatoms. The number of ether oxygens (including phenoxy) is 2. The lowest BCUT2D eigenvalue weighted by Crippen LogP contribution is -2.12. The zero-order valence-corrected chi connectivity index (χ0v) is 16.0. The number of halogens is 3. The van der Waals surface area contributed by atoms with Crippen LogP contribution in [-0.4, -0.2) is 37.4 Å². The standard InChI is InChI=1S/C17H15F3N4O4S/c1-27-12-7-10(8-13(9-12)28-2)15-22-16(17(18,19)20)23-24(15)11-3-5-14(6-4-11)29(21,25)26/h3-9H,1-2H3,(H2,21,25,26). The number of methoxy groups -OCH3 is 2. The van der Waals surface area contributed by atoms with Crippen LogP contribution in [0.15, 0.2) is 47.4 Å². The van der Waals surface area contributed by atoms with Crippen molar-refractivity contribution in [3.05, 3.63) is 48.3 Å². The Morgan fingerprint density at radius 1 is 1.00 bits per heavy atom. The van der Waals surface area contributed by atoms with Gasteiger partial charge in [0.15, 0.2) is 5.82 Å². The largest absolute Gasteiger partial charge is 0.497 e. The number of sulfonamides is 1. The van der Waals surface area contributed by atoms with Crippen LogP contribution in [0.1, 0.15) is 5.82 Å². The number of nitrogens with two attached hydrogens (primary N) is 1. The van der Waals surface area contributed by atoms with E-state index in [1.54, 1.807) is 6.07 Å². The predicted octanol–water partition coefficient (Wildman–Crippen LogP) is 2.62. The number of alkyl halides is 3. The van der Waals surface area contributed by atoms with Crippen LogP contribution in [0.25, 0.3) is 17.1 Å². The van der Waals surface area contributed by atoms with E-state index in [9.17, 15) is 21.6 Å². The number of nitrogens with zero attached hydrogens (tertiary/aromatic N) is 3. The summed E-state index contributed by atoms with van der Waals surface area (Å²) >= 11 is 0. The van der Waals surface area contributed by atoms with Crippen molar-refractivity contribution >= 4 is 10.0 Å². The van der Waals surface area contributed by atoms with Crippen molar-refractivity contribution < 1.29 is 31.1 Å². The third-order valence-electron chi connectivity index (χ3n) is 3.88. The molecule has 0 spiro atoms. The van der Waals surface area contributed by atoms with Crippen LogP contribution in [0.5, 0.6) is 11.5 Å². The van der Waals surface area contributed by atoms with Crippen LogP contribution in [0, 0.1) is 0 Å². The summed E-state index contributed by atoms with van der Waals surface area (Å²) in [5, 5.41) is 8.60. The number of rotatable bonds is 5. The summed E-state index contributed by atoms with van der Waals surface area (Å²) in [6, 6.07) is 9.37. The lowest BCUT2D eigenvalue weighted by atomic mass is 10.2. The minimum absolute atomic E-state index is 0.141. The maximum atomic E-state index is 13.2. The Morgan fingerprint density at radius 2 is 1.55 bits per heavy atom. The molecule has 29 heavy (non-hydrogen) atoms. The lowest BCUT2D eigenvalue weighted by Gasteiger charge is -2.10. The summed E-state index contributed by atoms with van der Waals surface area (Å²) in [4.78, 5) is 3.43. The SMILES string of the molecule is COc1cc(OC)cc(-c2nc(C(F)(F)F)nn2-c2ccc(S(N)(=O)=O)cc2)c1. The highest BCUT2D eigenvalue weighted by Crippen LogP contribution is 2.33. The molecule has 0 aliphatic rings. The van der Waals surface area contributed by atoms with Gasteiger partial charge in [0, 0.05) is 11.6 Å². The highest BCUT2D eigenvalue weighted by molar-refractivity contribution is 7.89. The van der Waals surface area contributed by atoms with E-state index in [1.165, 1.54) is 38.5 Å². The van der Waals surface area contributed by atoms with Gasteiger partial charge in [-0.1, -0.05) is 0 Å². The molecule has 0 amide bonds. The first-order chi connectivity index (χ1) is 13.5. The molecule has 3 aromatic rings. The van der Waals surface area contributed by atoms with Crippen molar-refractivity contribution in [2.75, 3.05) is 14.2 Å². The van der Waals surface area contributed by atoms with E-state index < -0.39 is 22.0 Å². The number of benzene rings is 2. The smallest absolute Gasteiger partial charge is 0.453 e. The second-order valence-electron chi connectivity index (χ2n) is 5.81. The molecule has 0 unspecified atom stereocenters. The Bertz CT molecular complexity index is 1120. The number of primary sulfonamides is 1. The van der Waals surface area contributed by atoms with E-state index >= 15 is 0 Å². The molecule has 1 aromatic heterocycles. The van der Waals surface area contributed by atoms with Crippen molar-refractivity contribution in [2.45, 2.75) is 11.1 Å². The maximum Gasteiger partial charge on any atom is 0.453 e. The Morgan fingerprint density at radius 3 is 2.00 bits per heavy atom. The van der Waals surface area contributed by atoms with Crippen molar-refractivity contribution in [3.8, 4) is 28.6 Å². The van der Waals surface area contributed by atoms with Gasteiger partial charge in [-0.25, -0.2) is 23.2 Å². The third-order valence-corrected chi connectivity index (χ3v) is 4.81. The van der Waals surface area contributed by atoms with E-state index in [1.807, 2.05) is 0 Å². The zero-order chi connectivity index (χ0) is 21.4. The summed E-state index contributed by atoms with van der Waals surface area (Å²) in [6.45, 7) is 0. The Balaban J connectivity index is 2.21. The molecule has 0 aliphatic carbocycles. The van der Waals surface area contributed by atoms with Crippen molar-refractivity contribution in [2.24, 2.45) is 5.14 Å². The molecule has 0 atom stereocenters. The predicted molar refractivity (Wildman–Crippen MR) is 96.3 cm³/mol. The van der Waals surface area contributed by atoms with E-state index in [-0.39, 0.29) is 22.0 Å². The lowest BCUT2D eigenvalue weighted by molar-refractivity contribution is -0.144. The molecule has 0 aliphatic heterocycles. The monoisotopic (exact) mass is 428 g/mol. The van der Waals surface area contributed by atoms with Crippen LogP contribution in [0.2, 0.25) is 0 Å². The molecule has 0 bridgehead atoms. The molecule has 1 heterocycles. The number of hydrogen-bond donors (Lipinski definition) is 1. The van der Waals surface area contributed by atoms with Gasteiger partial charge in [0.05, 0.1) is 24.8 Å². The fraction of sp³-hybridized carbons (Fsp3) is 0.176. The normalized spacial score (nSPS) is 12.1. The van der Waals surface area contributed by atoms with Crippen LogP contribution in [0.3, 0.4) is 0 Å². The molecule has 2 N–H and O–H groups in total. The molecule has 8 nitrogen and oxygen atoms in total. The van der Waals surface area contributed by atoms with E-state index in [0.29, 0.717) is 11.5 Å². The van der Waals surface area contributed by atoms with Crippen LogP contribution >= 0.6 is 0 Å². The molecule has 0 fully saturated rings. The molecule has 0 saturated heterocycles. The summed E-state index contributed by atoms with van der Waals surface area (Å²) in [5.41, 5.74) is 0.400. The molecule has 0 saturated carbocycles. The van der Waals surface area contributed by atoms with Gasteiger partial charge in [0.25, 0.3) is 5.82 Å². The Hall–Kier alpha value is -3.12. The summed E-state index contributed by atoms with van der Waals surface area (Å²) in [5.74, 6) is -0.818. The van der Waals surface area contributed by atoms with Gasteiger partial charge in [-0.3, -0.25) is 0 Å². The Labute approximate surface area is 163 Å². The Kier molecular flexibility index (Phi) is 5.24. The average molecular weight is 428 g/mol. The minimum Gasteiger partial charge on any atom is -0.497 e. The minimum atomic E-state index is -4.79. The summed E-state index contributed by atoms with van der Waals surface area (Å²) < 4.78 is 73.8. The maximum absolute atomic E-state index is 13.2. The average Bonchev–Trinajstić information content (AvgIpc) is 3.13. The number of hydrogen-bond acceptors (Lipinski definition) is 6. The van der Waals surface area contributed by atoms with Crippen molar-refractivity contribution in [1.29, 1.82) is 0 Å². The van der Waals surface area contributed by atoms with Crippen LogP contribution < -0.4 is 14.6 Å². The molecule has 3 rings (SSSR count). The second kappa shape index (κ2) is 7.37. The third kappa shape index (κ3) is 4.32. The zero-order valence-electron chi connectivity index (χ0n) is 15.1. The topological polar surface area (TPSA) is 109 Å².